The number of carbonyl (C=O) groups excluding carboxylic acids is 1. The molecular weight excluding hydrogens is 320 g/mol. The number of nitrogens with one attached hydrogen (secondary N) is 1. The van der Waals surface area contributed by atoms with Crippen molar-refractivity contribution in [1.82, 2.24) is 4.98 Å². The quantitative estimate of drug-likeness (QED) is 0.871. The van der Waals surface area contributed by atoms with Gasteiger partial charge in [0.05, 0.1) is 21.2 Å². The van der Waals surface area contributed by atoms with E-state index in [1.54, 1.807) is 0 Å². The zero-order valence-electron chi connectivity index (χ0n) is 13.8. The molecule has 4 bridgehead atoms. The van der Waals surface area contributed by atoms with E-state index in [1.165, 1.54) is 17.8 Å². The standard InChI is InChI=1S/C19H22N2O2S/c1-11-3-2-4-14-15(11)20-17(24-14)21-16(22)18-6-12-5-13(7-18)9-19(23,8-12)10-18/h2-4,12-13,23H,5-10H2,1H3,(H,20,21,22)/t12-,13+,18?,19?. The maximum absolute atomic E-state index is 13.1. The lowest BCUT2D eigenvalue weighted by molar-refractivity contribution is -0.174. The van der Waals surface area contributed by atoms with Crippen LogP contribution < -0.4 is 5.32 Å². The molecule has 1 aromatic carbocycles. The second kappa shape index (κ2) is 4.79. The monoisotopic (exact) mass is 342 g/mol. The van der Waals surface area contributed by atoms with Crippen molar-refractivity contribution < 1.29 is 9.90 Å². The fourth-order valence-electron chi connectivity index (χ4n) is 5.85. The summed E-state index contributed by atoms with van der Waals surface area (Å²) in [7, 11) is 0. The highest BCUT2D eigenvalue weighted by molar-refractivity contribution is 7.22. The predicted octanol–water partition coefficient (Wildman–Crippen LogP) is 3.87. The van der Waals surface area contributed by atoms with Gasteiger partial charge in [-0.25, -0.2) is 4.98 Å². The van der Waals surface area contributed by atoms with E-state index in [9.17, 15) is 9.90 Å². The molecular formula is C19H22N2O2S. The number of amides is 1. The number of hydrogen-bond donors (Lipinski definition) is 2. The van der Waals surface area contributed by atoms with E-state index in [2.05, 4.69) is 10.3 Å². The van der Waals surface area contributed by atoms with Gasteiger partial charge < -0.3 is 10.4 Å². The normalized spacial score (nSPS) is 37.1. The second-order valence-electron chi connectivity index (χ2n) is 8.36. The SMILES string of the molecule is Cc1cccc2sc(NC(=O)C34C[C@@H]5C[C@@H](CC(O)(C5)C3)C4)nc12. The van der Waals surface area contributed by atoms with E-state index in [0.717, 1.165) is 41.5 Å². The smallest absolute Gasteiger partial charge is 0.232 e. The molecule has 4 atom stereocenters. The average Bonchev–Trinajstić information content (AvgIpc) is 2.88. The molecule has 1 heterocycles. The molecule has 4 saturated carbocycles. The molecule has 4 aliphatic rings. The van der Waals surface area contributed by atoms with Crippen molar-refractivity contribution in [3.63, 3.8) is 0 Å². The molecule has 1 aromatic heterocycles. The van der Waals surface area contributed by atoms with Crippen molar-refractivity contribution in [2.45, 2.75) is 51.0 Å². The number of aliphatic hydroxyl groups is 1. The van der Waals surface area contributed by atoms with Gasteiger partial charge in [0.2, 0.25) is 5.91 Å². The van der Waals surface area contributed by atoms with E-state index in [0.29, 0.717) is 23.4 Å². The Hall–Kier alpha value is -1.46. The molecule has 2 aromatic rings. The average molecular weight is 342 g/mol. The van der Waals surface area contributed by atoms with Crippen LogP contribution in [0.1, 0.15) is 44.1 Å². The van der Waals surface area contributed by atoms with Crippen molar-refractivity contribution in [3.05, 3.63) is 23.8 Å². The van der Waals surface area contributed by atoms with Gasteiger partial charge in [-0.05, 0) is 68.9 Å². The van der Waals surface area contributed by atoms with Gasteiger partial charge in [0, 0.05) is 0 Å². The zero-order chi connectivity index (χ0) is 16.5. The summed E-state index contributed by atoms with van der Waals surface area (Å²) in [5.41, 5.74) is 1.12. The first-order valence-corrected chi connectivity index (χ1v) is 9.66. The Morgan fingerprint density at radius 3 is 2.71 bits per heavy atom. The molecule has 4 fully saturated rings. The van der Waals surface area contributed by atoms with Crippen LogP contribution >= 0.6 is 11.3 Å². The van der Waals surface area contributed by atoms with Crippen molar-refractivity contribution in [3.8, 4) is 0 Å². The van der Waals surface area contributed by atoms with Crippen molar-refractivity contribution >= 4 is 32.6 Å². The van der Waals surface area contributed by atoms with E-state index in [1.807, 2.05) is 25.1 Å². The Labute approximate surface area is 145 Å². The van der Waals surface area contributed by atoms with E-state index >= 15 is 0 Å². The van der Waals surface area contributed by atoms with Crippen LogP contribution in [-0.2, 0) is 4.79 Å². The Balaban J connectivity index is 1.45. The van der Waals surface area contributed by atoms with Gasteiger partial charge in [-0.2, -0.15) is 0 Å². The van der Waals surface area contributed by atoms with Gasteiger partial charge in [0.1, 0.15) is 0 Å². The minimum absolute atomic E-state index is 0.0757. The molecule has 0 radical (unpaired) electrons. The third kappa shape index (κ3) is 2.14. The van der Waals surface area contributed by atoms with Gasteiger partial charge >= 0.3 is 0 Å². The van der Waals surface area contributed by atoms with Gasteiger partial charge in [-0.3, -0.25) is 4.79 Å². The second-order valence-corrected chi connectivity index (χ2v) is 9.39. The topological polar surface area (TPSA) is 62.2 Å². The number of aryl methyl sites for hydroxylation is 1. The number of carbonyl (C=O) groups is 1. The Kier molecular flexibility index (Phi) is 2.97. The van der Waals surface area contributed by atoms with Crippen LogP contribution in [-0.4, -0.2) is 21.6 Å². The highest BCUT2D eigenvalue weighted by atomic mass is 32.1. The Morgan fingerprint density at radius 2 is 2.04 bits per heavy atom. The van der Waals surface area contributed by atoms with Gasteiger partial charge in [0.25, 0.3) is 0 Å². The first kappa shape index (κ1) is 14.8. The Bertz CT molecular complexity index is 829. The number of aromatic nitrogens is 1. The fraction of sp³-hybridized carbons (Fsp3) is 0.579. The van der Waals surface area contributed by atoms with E-state index in [-0.39, 0.29) is 11.3 Å². The number of para-hydroxylation sites is 1. The predicted molar refractivity (Wildman–Crippen MR) is 95.1 cm³/mol. The fourth-order valence-corrected chi connectivity index (χ4v) is 6.79. The molecule has 4 aliphatic carbocycles. The first-order chi connectivity index (χ1) is 11.4. The Morgan fingerprint density at radius 1 is 1.29 bits per heavy atom. The zero-order valence-corrected chi connectivity index (χ0v) is 14.7. The highest BCUT2D eigenvalue weighted by Gasteiger charge is 2.60. The van der Waals surface area contributed by atoms with Gasteiger partial charge in [-0.1, -0.05) is 23.5 Å². The van der Waals surface area contributed by atoms with Crippen LogP contribution in [0.3, 0.4) is 0 Å². The number of anilines is 1. The number of thiazole rings is 1. The summed E-state index contributed by atoms with van der Waals surface area (Å²) in [4.78, 5) is 17.7. The maximum Gasteiger partial charge on any atom is 0.232 e. The van der Waals surface area contributed by atoms with Gasteiger partial charge in [-0.15, -0.1) is 0 Å². The van der Waals surface area contributed by atoms with Crippen molar-refractivity contribution in [2.24, 2.45) is 17.3 Å². The molecule has 0 spiro atoms. The lowest BCUT2D eigenvalue weighted by Gasteiger charge is -2.59. The minimum atomic E-state index is -0.606. The molecule has 6 rings (SSSR count). The molecule has 2 unspecified atom stereocenters. The molecule has 4 nitrogen and oxygen atoms in total. The van der Waals surface area contributed by atoms with Crippen LogP contribution in [0.2, 0.25) is 0 Å². The van der Waals surface area contributed by atoms with Crippen LogP contribution in [0.5, 0.6) is 0 Å². The molecule has 126 valence electrons. The molecule has 0 saturated heterocycles. The molecule has 24 heavy (non-hydrogen) atoms. The summed E-state index contributed by atoms with van der Waals surface area (Å²) in [6, 6.07) is 6.11. The van der Waals surface area contributed by atoms with E-state index < -0.39 is 5.60 Å². The molecule has 0 aliphatic heterocycles. The number of rotatable bonds is 2. The third-order valence-corrected chi connectivity index (χ3v) is 7.29. The maximum atomic E-state index is 13.1. The summed E-state index contributed by atoms with van der Waals surface area (Å²) >= 11 is 1.54. The van der Waals surface area contributed by atoms with Crippen molar-refractivity contribution in [1.29, 1.82) is 0 Å². The lowest BCUT2D eigenvalue weighted by Crippen LogP contribution is -2.59. The highest BCUT2D eigenvalue weighted by Crippen LogP contribution is 2.61. The van der Waals surface area contributed by atoms with Crippen LogP contribution in [0.25, 0.3) is 10.2 Å². The minimum Gasteiger partial charge on any atom is -0.390 e. The summed E-state index contributed by atoms with van der Waals surface area (Å²) < 4.78 is 1.11. The molecule has 5 heteroatoms. The number of fused-ring (bicyclic) bond motifs is 1. The van der Waals surface area contributed by atoms with Crippen molar-refractivity contribution in [2.75, 3.05) is 5.32 Å². The first-order valence-electron chi connectivity index (χ1n) is 8.85. The van der Waals surface area contributed by atoms with Crippen LogP contribution in [0.15, 0.2) is 18.2 Å². The molecule has 2 N–H and O–H groups in total. The third-order valence-electron chi connectivity index (χ3n) is 6.35. The van der Waals surface area contributed by atoms with Crippen LogP contribution in [0.4, 0.5) is 5.13 Å². The summed E-state index contributed by atoms with van der Waals surface area (Å²) in [5, 5.41) is 14.6. The summed E-state index contributed by atoms with van der Waals surface area (Å²) in [6.07, 6.45) is 5.46. The number of hydrogen-bond acceptors (Lipinski definition) is 4. The summed E-state index contributed by atoms with van der Waals surface area (Å²) in [6.45, 7) is 2.04. The lowest BCUT2D eigenvalue weighted by atomic mass is 9.47. The van der Waals surface area contributed by atoms with E-state index in [4.69, 9.17) is 0 Å². The largest absolute Gasteiger partial charge is 0.390 e. The number of benzene rings is 1. The van der Waals surface area contributed by atoms with Crippen LogP contribution in [0, 0.1) is 24.2 Å². The number of nitrogens with zero attached hydrogens (tertiary/aromatic N) is 1. The van der Waals surface area contributed by atoms with Gasteiger partial charge in [0.15, 0.2) is 5.13 Å². The summed E-state index contributed by atoms with van der Waals surface area (Å²) in [5.74, 6) is 1.10. The molecule has 1 amide bonds.